The minimum absolute atomic E-state index is 0.111. The molecule has 3 rings (SSSR count). The average molecular weight is 329 g/mol. The normalized spacial score (nSPS) is 25.0. The van der Waals surface area contributed by atoms with Crippen molar-refractivity contribution in [2.75, 3.05) is 0 Å². The van der Waals surface area contributed by atoms with Crippen LogP contribution in [-0.4, -0.2) is 16.2 Å². The number of nitrogens with zero attached hydrogens (tertiary/aromatic N) is 1. The summed E-state index contributed by atoms with van der Waals surface area (Å²) in [7, 11) is 0. The molecule has 1 aromatic carbocycles. The van der Waals surface area contributed by atoms with Crippen LogP contribution < -0.4 is 0 Å². The molecule has 1 saturated carbocycles. The molecular weight excluding hydrogens is 315 g/mol. The second-order valence-electron chi connectivity index (χ2n) is 5.39. The smallest absolute Gasteiger partial charge is 0.382 e. The lowest BCUT2D eigenvalue weighted by molar-refractivity contribution is -0.152. The molecule has 1 aromatic heterocycles. The van der Waals surface area contributed by atoms with Crippen molar-refractivity contribution in [2.24, 2.45) is 0 Å². The molecule has 1 aliphatic rings. The number of alkyl halides is 3. The number of thiazole rings is 1. The largest absolute Gasteiger partial charge is 0.434 e. The second kappa shape index (κ2) is 5.64. The maximum atomic E-state index is 12.5. The van der Waals surface area contributed by atoms with Gasteiger partial charge in [-0.15, -0.1) is 11.3 Å². The zero-order chi connectivity index (χ0) is 15.8. The molecule has 1 fully saturated rings. The van der Waals surface area contributed by atoms with Gasteiger partial charge in [-0.25, -0.2) is 4.98 Å². The molecule has 118 valence electrons. The molecule has 0 aliphatic heterocycles. The SMILES string of the molecule is O[C@]1(c2nc(C(F)(F)F)cs2)C[C@@H](OCc2ccccc2)C1. The van der Waals surface area contributed by atoms with E-state index in [4.69, 9.17) is 4.74 Å². The second-order valence-corrected chi connectivity index (χ2v) is 6.25. The Labute approximate surface area is 129 Å². The van der Waals surface area contributed by atoms with Gasteiger partial charge in [-0.2, -0.15) is 13.2 Å². The van der Waals surface area contributed by atoms with E-state index in [1.165, 1.54) is 0 Å². The van der Waals surface area contributed by atoms with Crippen LogP contribution in [0.2, 0.25) is 0 Å². The lowest BCUT2D eigenvalue weighted by atomic mass is 9.78. The van der Waals surface area contributed by atoms with Gasteiger partial charge in [0.25, 0.3) is 0 Å². The molecule has 7 heteroatoms. The topological polar surface area (TPSA) is 42.4 Å². The number of ether oxygens (including phenoxy) is 1. The van der Waals surface area contributed by atoms with Gasteiger partial charge in [-0.3, -0.25) is 0 Å². The van der Waals surface area contributed by atoms with Crippen molar-refractivity contribution in [2.45, 2.75) is 37.3 Å². The minimum Gasteiger partial charge on any atom is -0.382 e. The molecule has 0 bridgehead atoms. The van der Waals surface area contributed by atoms with Gasteiger partial charge >= 0.3 is 6.18 Å². The summed E-state index contributed by atoms with van der Waals surface area (Å²) in [6.45, 7) is 0.424. The van der Waals surface area contributed by atoms with Crippen molar-refractivity contribution in [1.82, 2.24) is 4.98 Å². The lowest BCUT2D eigenvalue weighted by Crippen LogP contribution is -2.45. The highest BCUT2D eigenvalue weighted by Gasteiger charge is 2.48. The van der Waals surface area contributed by atoms with Crippen LogP contribution in [0.3, 0.4) is 0 Å². The first-order chi connectivity index (χ1) is 10.4. The summed E-state index contributed by atoms with van der Waals surface area (Å²) in [6, 6.07) is 9.59. The predicted octanol–water partition coefficient (Wildman–Crippen LogP) is 3.73. The highest BCUT2D eigenvalue weighted by molar-refractivity contribution is 7.09. The summed E-state index contributed by atoms with van der Waals surface area (Å²) in [6.07, 6.45) is -4.10. The Morgan fingerprint density at radius 1 is 1.27 bits per heavy atom. The van der Waals surface area contributed by atoms with Gasteiger partial charge in [0, 0.05) is 18.2 Å². The molecule has 0 atom stereocenters. The number of hydrogen-bond acceptors (Lipinski definition) is 4. The van der Waals surface area contributed by atoms with Gasteiger partial charge in [0.2, 0.25) is 0 Å². The van der Waals surface area contributed by atoms with E-state index in [1.54, 1.807) is 0 Å². The van der Waals surface area contributed by atoms with Crippen molar-refractivity contribution in [3.8, 4) is 0 Å². The van der Waals surface area contributed by atoms with Crippen LogP contribution in [0.1, 0.15) is 29.1 Å². The van der Waals surface area contributed by atoms with Gasteiger partial charge in [0.05, 0.1) is 12.7 Å². The van der Waals surface area contributed by atoms with Gasteiger partial charge < -0.3 is 9.84 Å². The standard InChI is InChI=1S/C15H14F3NO2S/c16-15(17,18)12-9-22-13(19-12)14(20)6-11(7-14)21-8-10-4-2-1-3-5-10/h1-5,9,11,20H,6-8H2/t11-,14-. The average Bonchev–Trinajstić information content (AvgIpc) is 2.93. The zero-order valence-electron chi connectivity index (χ0n) is 11.5. The molecule has 0 amide bonds. The Bertz CT molecular complexity index is 636. The van der Waals surface area contributed by atoms with Crippen molar-refractivity contribution in [1.29, 1.82) is 0 Å². The summed E-state index contributed by atoms with van der Waals surface area (Å²) < 4.78 is 43.3. The van der Waals surface area contributed by atoms with E-state index in [0.29, 0.717) is 6.61 Å². The number of rotatable bonds is 4. The number of halogens is 3. The van der Waals surface area contributed by atoms with E-state index in [1.807, 2.05) is 30.3 Å². The highest BCUT2D eigenvalue weighted by Crippen LogP contribution is 2.45. The fourth-order valence-corrected chi connectivity index (χ4v) is 3.34. The highest BCUT2D eigenvalue weighted by atomic mass is 32.1. The van der Waals surface area contributed by atoms with Crippen molar-refractivity contribution in [3.05, 3.63) is 52.0 Å². The number of benzene rings is 1. The van der Waals surface area contributed by atoms with E-state index in [9.17, 15) is 18.3 Å². The van der Waals surface area contributed by atoms with Gasteiger partial charge in [0.15, 0.2) is 5.69 Å². The van der Waals surface area contributed by atoms with Gasteiger partial charge in [-0.1, -0.05) is 30.3 Å². The minimum atomic E-state index is -4.47. The molecule has 1 N–H and O–H groups in total. The van der Waals surface area contributed by atoms with Crippen LogP contribution in [0.5, 0.6) is 0 Å². The van der Waals surface area contributed by atoms with E-state index in [2.05, 4.69) is 4.98 Å². The Morgan fingerprint density at radius 2 is 1.95 bits per heavy atom. The molecule has 1 heterocycles. The molecule has 0 radical (unpaired) electrons. The quantitative estimate of drug-likeness (QED) is 0.929. The van der Waals surface area contributed by atoms with Crippen LogP contribution in [0, 0.1) is 0 Å². The Hall–Kier alpha value is -1.44. The Kier molecular flexibility index (Phi) is 3.96. The van der Waals surface area contributed by atoms with Crippen LogP contribution in [0.4, 0.5) is 13.2 Å². The first-order valence-corrected chi connectivity index (χ1v) is 7.66. The summed E-state index contributed by atoms with van der Waals surface area (Å²) >= 11 is 0.839. The number of aromatic nitrogens is 1. The summed E-state index contributed by atoms with van der Waals surface area (Å²) in [4.78, 5) is 3.52. The fourth-order valence-electron chi connectivity index (χ4n) is 2.39. The third-order valence-electron chi connectivity index (χ3n) is 3.65. The third kappa shape index (κ3) is 3.16. The molecular formula is C15H14F3NO2S. The first-order valence-electron chi connectivity index (χ1n) is 6.78. The van der Waals surface area contributed by atoms with Crippen LogP contribution in [0.25, 0.3) is 0 Å². The molecule has 0 saturated heterocycles. The molecule has 0 spiro atoms. The fraction of sp³-hybridized carbons (Fsp3) is 0.400. The Morgan fingerprint density at radius 3 is 2.55 bits per heavy atom. The van der Waals surface area contributed by atoms with E-state index < -0.39 is 17.5 Å². The number of aliphatic hydroxyl groups is 1. The van der Waals surface area contributed by atoms with E-state index >= 15 is 0 Å². The van der Waals surface area contributed by atoms with Gasteiger partial charge in [0.1, 0.15) is 10.6 Å². The molecule has 3 nitrogen and oxygen atoms in total. The first kappa shape index (κ1) is 15.5. The van der Waals surface area contributed by atoms with E-state index in [-0.39, 0.29) is 24.0 Å². The van der Waals surface area contributed by atoms with Crippen molar-refractivity contribution < 1.29 is 23.0 Å². The summed E-state index contributed by atoms with van der Waals surface area (Å²) in [5.74, 6) is 0. The zero-order valence-corrected chi connectivity index (χ0v) is 12.3. The third-order valence-corrected chi connectivity index (χ3v) is 4.69. The van der Waals surface area contributed by atoms with Crippen LogP contribution in [-0.2, 0) is 23.1 Å². The maximum absolute atomic E-state index is 12.5. The molecule has 2 aromatic rings. The van der Waals surface area contributed by atoms with Crippen LogP contribution >= 0.6 is 11.3 Å². The van der Waals surface area contributed by atoms with Crippen molar-refractivity contribution in [3.63, 3.8) is 0 Å². The van der Waals surface area contributed by atoms with Crippen LogP contribution in [0.15, 0.2) is 35.7 Å². The molecule has 22 heavy (non-hydrogen) atoms. The summed E-state index contributed by atoms with van der Waals surface area (Å²) in [5.41, 5.74) is -1.23. The maximum Gasteiger partial charge on any atom is 0.434 e. The van der Waals surface area contributed by atoms with E-state index in [0.717, 1.165) is 22.3 Å². The number of hydrogen-bond donors (Lipinski definition) is 1. The molecule has 0 unspecified atom stereocenters. The summed E-state index contributed by atoms with van der Waals surface area (Å²) in [5, 5.41) is 11.4. The monoisotopic (exact) mass is 329 g/mol. The van der Waals surface area contributed by atoms with Gasteiger partial charge in [-0.05, 0) is 5.56 Å². The predicted molar refractivity (Wildman–Crippen MR) is 75.3 cm³/mol. The van der Waals surface area contributed by atoms with Crippen molar-refractivity contribution >= 4 is 11.3 Å². The Balaban J connectivity index is 1.56. The lowest BCUT2D eigenvalue weighted by Gasteiger charge is -2.41. The molecule has 1 aliphatic carbocycles.